The van der Waals surface area contributed by atoms with Gasteiger partial charge >= 0.3 is 12.5 Å². The second-order valence-electron chi connectivity index (χ2n) is 7.77. The van der Waals surface area contributed by atoms with E-state index in [4.69, 9.17) is 4.74 Å². The molecule has 0 N–H and O–H groups in total. The molecule has 0 aliphatic heterocycles. The fourth-order valence-corrected chi connectivity index (χ4v) is 4.06. The minimum absolute atomic E-state index is 0. The molecule has 1 fully saturated rings. The molecule has 1 saturated carbocycles. The van der Waals surface area contributed by atoms with Gasteiger partial charge in [0.2, 0.25) is 0 Å². The molecule has 0 unspecified atom stereocenters. The molecule has 0 spiro atoms. The quantitative estimate of drug-likeness (QED) is 0.399. The zero-order chi connectivity index (χ0) is 21.8. The predicted octanol–water partition coefficient (Wildman–Crippen LogP) is 8.42. The highest BCUT2D eigenvalue weighted by Gasteiger charge is 2.35. The lowest BCUT2D eigenvalue weighted by Gasteiger charge is -2.29. The average molecular weight is 444 g/mol. The van der Waals surface area contributed by atoms with E-state index in [-0.39, 0.29) is 18.7 Å². The molecule has 1 aliphatic carbocycles. The Balaban J connectivity index is 0.00000341. The van der Waals surface area contributed by atoms with E-state index in [1.165, 1.54) is 37.8 Å². The second-order valence-corrected chi connectivity index (χ2v) is 7.77. The number of halogens is 5. The Hall–Kier alpha value is -2.31. The van der Waals surface area contributed by atoms with Crippen LogP contribution in [0.15, 0.2) is 48.5 Å². The van der Waals surface area contributed by atoms with Crippen molar-refractivity contribution in [1.29, 1.82) is 0 Å². The van der Waals surface area contributed by atoms with Crippen LogP contribution in [0, 0.1) is 5.92 Å². The van der Waals surface area contributed by atoms with Crippen LogP contribution >= 0.6 is 0 Å². The minimum Gasteiger partial charge on any atom is -0.429 e. The van der Waals surface area contributed by atoms with Crippen LogP contribution in [0.3, 0.4) is 0 Å². The molecule has 0 aromatic heterocycles. The summed E-state index contributed by atoms with van der Waals surface area (Å²) in [5.41, 5.74) is 0.750. The summed E-state index contributed by atoms with van der Waals surface area (Å²) in [6.45, 7) is 2.19. The molecule has 2 nitrogen and oxygen atoms in total. The van der Waals surface area contributed by atoms with Crippen molar-refractivity contribution in [3.8, 4) is 11.5 Å². The van der Waals surface area contributed by atoms with Crippen molar-refractivity contribution in [3.63, 3.8) is 0 Å². The highest BCUT2D eigenvalue weighted by Crippen LogP contribution is 2.39. The standard InChI is InChI=1S/C23H25F5O2.CH4/c1-2-3-16-4-6-17(7-5-16)18-8-10-19(11-9-18)22(24,25)29-20-12-14-21(15-13-20)30-23(26,27)28;/h8-17H,2-7H2,1H3;1H4. The van der Waals surface area contributed by atoms with E-state index >= 15 is 0 Å². The molecule has 0 atom stereocenters. The van der Waals surface area contributed by atoms with E-state index < -0.39 is 18.2 Å². The van der Waals surface area contributed by atoms with Gasteiger partial charge in [0.1, 0.15) is 11.5 Å². The number of alkyl halides is 5. The molecule has 2 aromatic carbocycles. The zero-order valence-electron chi connectivity index (χ0n) is 16.7. The maximum absolute atomic E-state index is 14.5. The van der Waals surface area contributed by atoms with Gasteiger partial charge in [0.25, 0.3) is 0 Å². The van der Waals surface area contributed by atoms with Crippen LogP contribution in [-0.4, -0.2) is 6.36 Å². The Bertz CT molecular complexity index is 792. The summed E-state index contributed by atoms with van der Waals surface area (Å²) in [7, 11) is 0. The average Bonchev–Trinajstić information content (AvgIpc) is 2.69. The number of hydrogen-bond donors (Lipinski definition) is 0. The van der Waals surface area contributed by atoms with E-state index in [2.05, 4.69) is 11.7 Å². The van der Waals surface area contributed by atoms with Crippen molar-refractivity contribution in [1.82, 2.24) is 0 Å². The van der Waals surface area contributed by atoms with Gasteiger partial charge in [0.05, 0.1) is 5.56 Å². The van der Waals surface area contributed by atoms with Crippen LogP contribution in [0.25, 0.3) is 0 Å². The molecule has 0 bridgehead atoms. The molecule has 172 valence electrons. The summed E-state index contributed by atoms with van der Waals surface area (Å²) in [5, 5.41) is 0. The van der Waals surface area contributed by atoms with Gasteiger partial charge in [0, 0.05) is 0 Å². The van der Waals surface area contributed by atoms with Crippen LogP contribution in [0.4, 0.5) is 22.0 Å². The molecular weight excluding hydrogens is 415 g/mol. The fraction of sp³-hybridized carbons (Fsp3) is 0.500. The van der Waals surface area contributed by atoms with Gasteiger partial charge in [0.15, 0.2) is 0 Å². The lowest BCUT2D eigenvalue weighted by atomic mass is 9.77. The minimum atomic E-state index is -4.84. The molecule has 1 aliphatic rings. The van der Waals surface area contributed by atoms with Gasteiger partial charge in [-0.05, 0) is 79.5 Å². The highest BCUT2D eigenvalue weighted by atomic mass is 19.4. The molecule has 0 saturated heterocycles. The lowest BCUT2D eigenvalue weighted by Crippen LogP contribution is -2.22. The number of hydrogen-bond acceptors (Lipinski definition) is 2. The van der Waals surface area contributed by atoms with Gasteiger partial charge in [-0.3, -0.25) is 0 Å². The van der Waals surface area contributed by atoms with Crippen LogP contribution in [0.5, 0.6) is 11.5 Å². The first kappa shape index (κ1) is 25.0. The Labute approximate surface area is 180 Å². The third kappa shape index (κ3) is 7.11. The Morgan fingerprint density at radius 3 is 1.77 bits per heavy atom. The third-order valence-corrected chi connectivity index (χ3v) is 5.57. The van der Waals surface area contributed by atoms with Crippen molar-refractivity contribution in [2.24, 2.45) is 5.92 Å². The van der Waals surface area contributed by atoms with Gasteiger partial charge < -0.3 is 9.47 Å². The van der Waals surface area contributed by atoms with Crippen LogP contribution in [0.2, 0.25) is 0 Å². The number of benzene rings is 2. The van der Waals surface area contributed by atoms with Crippen LogP contribution in [0.1, 0.15) is 69.9 Å². The first-order chi connectivity index (χ1) is 14.2. The van der Waals surface area contributed by atoms with Gasteiger partial charge in [-0.2, -0.15) is 8.78 Å². The molecule has 0 amide bonds. The monoisotopic (exact) mass is 444 g/mol. The van der Waals surface area contributed by atoms with Crippen molar-refractivity contribution in [2.45, 2.75) is 71.3 Å². The topological polar surface area (TPSA) is 18.5 Å². The van der Waals surface area contributed by atoms with Crippen LogP contribution < -0.4 is 9.47 Å². The van der Waals surface area contributed by atoms with Crippen molar-refractivity contribution in [2.75, 3.05) is 0 Å². The summed E-state index contributed by atoms with van der Waals surface area (Å²) >= 11 is 0. The van der Waals surface area contributed by atoms with E-state index in [0.717, 1.165) is 48.6 Å². The molecule has 0 radical (unpaired) electrons. The van der Waals surface area contributed by atoms with E-state index in [1.54, 1.807) is 12.1 Å². The Morgan fingerprint density at radius 1 is 0.774 bits per heavy atom. The highest BCUT2D eigenvalue weighted by molar-refractivity contribution is 5.33. The molecule has 3 rings (SSSR count). The van der Waals surface area contributed by atoms with Crippen molar-refractivity contribution in [3.05, 3.63) is 59.7 Å². The summed E-state index contributed by atoms with van der Waals surface area (Å²) in [6.07, 6.45) is -1.52. The fourth-order valence-electron chi connectivity index (χ4n) is 4.06. The first-order valence-corrected chi connectivity index (χ1v) is 10.2. The van der Waals surface area contributed by atoms with Gasteiger partial charge in [-0.1, -0.05) is 39.3 Å². The molecule has 7 heteroatoms. The van der Waals surface area contributed by atoms with E-state index in [9.17, 15) is 22.0 Å². The maximum Gasteiger partial charge on any atom is 0.573 e. The smallest absolute Gasteiger partial charge is 0.429 e. The van der Waals surface area contributed by atoms with Crippen molar-refractivity contribution < 1.29 is 31.4 Å². The first-order valence-electron chi connectivity index (χ1n) is 10.2. The van der Waals surface area contributed by atoms with E-state index in [1.807, 2.05) is 0 Å². The molecule has 2 aromatic rings. The largest absolute Gasteiger partial charge is 0.573 e. The molecule has 0 heterocycles. The number of ether oxygens (including phenoxy) is 2. The summed E-state index contributed by atoms with van der Waals surface area (Å²) in [4.78, 5) is 0. The third-order valence-electron chi connectivity index (χ3n) is 5.57. The Morgan fingerprint density at radius 2 is 1.29 bits per heavy atom. The zero-order valence-corrected chi connectivity index (χ0v) is 16.7. The number of rotatable bonds is 7. The SMILES string of the molecule is C.CCCC1CCC(c2ccc(C(F)(F)Oc3ccc(OC(F)(F)F)cc3)cc2)CC1. The predicted molar refractivity (Wildman–Crippen MR) is 110 cm³/mol. The van der Waals surface area contributed by atoms with Gasteiger partial charge in [-0.15, -0.1) is 13.2 Å². The Kier molecular flexibility index (Phi) is 8.32. The maximum atomic E-state index is 14.5. The molecule has 31 heavy (non-hydrogen) atoms. The van der Waals surface area contributed by atoms with Crippen LogP contribution in [-0.2, 0) is 6.11 Å². The normalized spacial score (nSPS) is 19.4. The summed E-state index contributed by atoms with van der Waals surface area (Å²) < 4.78 is 74.0. The summed E-state index contributed by atoms with van der Waals surface area (Å²) in [6, 6.07) is 10.0. The second kappa shape index (κ2) is 10.3. The lowest BCUT2D eigenvalue weighted by molar-refractivity contribution is -0.274. The molecular formula is C24H29F5O2. The van der Waals surface area contributed by atoms with Gasteiger partial charge in [-0.25, -0.2) is 0 Å². The van der Waals surface area contributed by atoms with E-state index in [0.29, 0.717) is 5.92 Å². The van der Waals surface area contributed by atoms with Crippen molar-refractivity contribution >= 4 is 0 Å². The summed E-state index contributed by atoms with van der Waals surface area (Å²) in [5.74, 6) is 0.406.